The summed E-state index contributed by atoms with van der Waals surface area (Å²) in [5.41, 5.74) is 2.46. The minimum absolute atomic E-state index is 0.189. The largest absolute Gasteiger partial charge is 0.493 e. The molecule has 0 fully saturated rings. The number of methoxy groups -OCH3 is 2. The normalized spacial score (nSPS) is 10.5. The third-order valence-corrected chi connectivity index (χ3v) is 4.09. The molecule has 0 saturated carbocycles. The Morgan fingerprint density at radius 2 is 1.89 bits per heavy atom. The lowest BCUT2D eigenvalue weighted by atomic mass is 10.1. The second-order valence-corrected chi connectivity index (χ2v) is 6.11. The zero-order valence-electron chi connectivity index (χ0n) is 15.7. The van der Waals surface area contributed by atoms with Crippen molar-refractivity contribution in [3.05, 3.63) is 59.5 Å². The maximum Gasteiger partial charge on any atom is 0.254 e. The van der Waals surface area contributed by atoms with Crippen LogP contribution in [0.15, 0.2) is 47.0 Å². The van der Waals surface area contributed by atoms with E-state index in [2.05, 4.69) is 10.1 Å². The summed E-state index contributed by atoms with van der Waals surface area (Å²) in [7, 11) is 4.75. The fourth-order valence-electron chi connectivity index (χ4n) is 2.68. The third kappa shape index (κ3) is 4.08. The summed E-state index contributed by atoms with van der Waals surface area (Å²) in [4.78, 5) is 18.6. The van der Waals surface area contributed by atoms with Crippen molar-refractivity contribution in [3.8, 4) is 22.9 Å². The van der Waals surface area contributed by atoms with Crippen molar-refractivity contribution in [1.29, 1.82) is 0 Å². The van der Waals surface area contributed by atoms with Crippen molar-refractivity contribution >= 4 is 5.91 Å². The zero-order chi connectivity index (χ0) is 19.4. The van der Waals surface area contributed by atoms with Crippen molar-refractivity contribution in [2.24, 2.45) is 0 Å². The molecule has 0 radical (unpaired) electrons. The molecule has 7 heteroatoms. The van der Waals surface area contributed by atoms with Gasteiger partial charge in [0.1, 0.15) is 0 Å². The molecular weight excluding hydrogens is 346 g/mol. The van der Waals surface area contributed by atoms with Gasteiger partial charge in [-0.15, -0.1) is 0 Å². The number of hydrogen-bond donors (Lipinski definition) is 0. The van der Waals surface area contributed by atoms with E-state index in [1.807, 2.05) is 31.2 Å². The first-order valence-corrected chi connectivity index (χ1v) is 8.39. The zero-order valence-corrected chi connectivity index (χ0v) is 15.7. The van der Waals surface area contributed by atoms with Crippen molar-refractivity contribution in [1.82, 2.24) is 15.0 Å². The topological polar surface area (TPSA) is 77.7 Å². The summed E-state index contributed by atoms with van der Waals surface area (Å²) in [6.07, 6.45) is 0. The number of rotatable bonds is 6. The molecule has 0 aliphatic heterocycles. The molecule has 1 heterocycles. The van der Waals surface area contributed by atoms with Gasteiger partial charge in [0.05, 0.1) is 20.8 Å². The minimum atomic E-state index is -0.189. The predicted molar refractivity (Wildman–Crippen MR) is 99.8 cm³/mol. The number of aromatic nitrogens is 2. The Morgan fingerprint density at radius 3 is 2.59 bits per heavy atom. The lowest BCUT2D eigenvalue weighted by molar-refractivity contribution is 0.0769. The van der Waals surface area contributed by atoms with Gasteiger partial charge in [0, 0.05) is 18.2 Å². The molecule has 0 saturated heterocycles. The van der Waals surface area contributed by atoms with E-state index >= 15 is 0 Å². The molecule has 0 aliphatic rings. The molecule has 27 heavy (non-hydrogen) atoms. The van der Waals surface area contributed by atoms with E-state index in [-0.39, 0.29) is 12.5 Å². The first-order valence-electron chi connectivity index (χ1n) is 8.39. The van der Waals surface area contributed by atoms with Gasteiger partial charge in [-0.2, -0.15) is 4.98 Å². The van der Waals surface area contributed by atoms with Crippen LogP contribution in [0.4, 0.5) is 0 Å². The standard InChI is InChI=1S/C20H21N3O4/c1-13-6-5-7-14(10-13)19-21-18(27-22-19)12-23(2)20(24)15-8-9-16(25-3)17(11-15)26-4/h5-11H,12H2,1-4H3. The van der Waals surface area contributed by atoms with Gasteiger partial charge in [0.25, 0.3) is 5.91 Å². The van der Waals surface area contributed by atoms with Gasteiger partial charge in [-0.3, -0.25) is 4.79 Å². The number of nitrogens with zero attached hydrogens (tertiary/aromatic N) is 3. The second kappa shape index (κ2) is 7.90. The molecule has 0 spiro atoms. The summed E-state index contributed by atoms with van der Waals surface area (Å²) < 4.78 is 15.7. The van der Waals surface area contributed by atoms with Crippen LogP contribution >= 0.6 is 0 Å². The molecule has 0 aliphatic carbocycles. The van der Waals surface area contributed by atoms with Crippen LogP contribution in [-0.2, 0) is 6.54 Å². The molecular formula is C20H21N3O4. The van der Waals surface area contributed by atoms with Gasteiger partial charge in [-0.1, -0.05) is 28.9 Å². The quantitative estimate of drug-likeness (QED) is 0.665. The van der Waals surface area contributed by atoms with Crippen molar-refractivity contribution in [2.75, 3.05) is 21.3 Å². The average molecular weight is 367 g/mol. The second-order valence-electron chi connectivity index (χ2n) is 6.11. The lowest BCUT2D eigenvalue weighted by Gasteiger charge is -2.16. The van der Waals surface area contributed by atoms with Crippen molar-refractivity contribution in [3.63, 3.8) is 0 Å². The van der Waals surface area contributed by atoms with Crippen LogP contribution in [0, 0.1) is 6.92 Å². The monoisotopic (exact) mass is 367 g/mol. The smallest absolute Gasteiger partial charge is 0.254 e. The van der Waals surface area contributed by atoms with E-state index in [0.717, 1.165) is 11.1 Å². The number of amides is 1. The van der Waals surface area contributed by atoms with Crippen LogP contribution in [-0.4, -0.2) is 42.2 Å². The Hall–Kier alpha value is -3.35. The molecule has 0 N–H and O–H groups in total. The summed E-state index contributed by atoms with van der Waals surface area (Å²) in [5.74, 6) is 1.74. The van der Waals surface area contributed by atoms with Crippen molar-refractivity contribution < 1.29 is 18.8 Å². The Balaban J connectivity index is 1.74. The third-order valence-electron chi connectivity index (χ3n) is 4.09. The van der Waals surface area contributed by atoms with Crippen LogP contribution in [0.1, 0.15) is 21.8 Å². The summed E-state index contributed by atoms with van der Waals surface area (Å²) in [5, 5.41) is 4.00. The first kappa shape index (κ1) is 18.4. The molecule has 3 rings (SSSR count). The van der Waals surface area contributed by atoms with Gasteiger partial charge in [0.2, 0.25) is 11.7 Å². The Bertz CT molecular complexity index is 952. The van der Waals surface area contributed by atoms with Crippen LogP contribution in [0.5, 0.6) is 11.5 Å². The van der Waals surface area contributed by atoms with Crippen LogP contribution in [0.2, 0.25) is 0 Å². The van der Waals surface area contributed by atoms with Gasteiger partial charge < -0.3 is 18.9 Å². The fourth-order valence-corrected chi connectivity index (χ4v) is 2.68. The predicted octanol–water partition coefficient (Wildman–Crippen LogP) is 3.33. The van der Waals surface area contributed by atoms with Gasteiger partial charge in [-0.25, -0.2) is 0 Å². The first-order chi connectivity index (χ1) is 13.0. The number of carbonyl (C=O) groups is 1. The molecule has 1 amide bonds. The lowest BCUT2D eigenvalue weighted by Crippen LogP contribution is -2.26. The maximum absolute atomic E-state index is 12.7. The summed E-state index contributed by atoms with van der Waals surface area (Å²) in [6.45, 7) is 2.20. The molecule has 7 nitrogen and oxygen atoms in total. The highest BCUT2D eigenvalue weighted by Gasteiger charge is 2.18. The minimum Gasteiger partial charge on any atom is -0.493 e. The van der Waals surface area contributed by atoms with E-state index in [0.29, 0.717) is 28.8 Å². The van der Waals surface area contributed by atoms with Gasteiger partial charge >= 0.3 is 0 Å². The number of aryl methyl sites for hydroxylation is 1. The SMILES string of the molecule is COc1ccc(C(=O)N(C)Cc2nc(-c3cccc(C)c3)no2)cc1OC. The maximum atomic E-state index is 12.7. The van der Waals surface area contributed by atoms with Crippen molar-refractivity contribution in [2.45, 2.75) is 13.5 Å². The summed E-state index contributed by atoms with van der Waals surface area (Å²) in [6, 6.07) is 12.9. The van der Waals surface area contributed by atoms with E-state index < -0.39 is 0 Å². The van der Waals surface area contributed by atoms with E-state index in [1.165, 1.54) is 12.0 Å². The average Bonchev–Trinajstić information content (AvgIpc) is 3.15. The van der Waals surface area contributed by atoms with Crippen LogP contribution in [0.3, 0.4) is 0 Å². The highest BCUT2D eigenvalue weighted by molar-refractivity contribution is 5.94. The Labute approximate surface area is 157 Å². The number of ether oxygens (including phenoxy) is 2. The fraction of sp³-hybridized carbons (Fsp3) is 0.250. The number of carbonyl (C=O) groups excluding carboxylic acids is 1. The summed E-state index contributed by atoms with van der Waals surface area (Å²) >= 11 is 0. The molecule has 3 aromatic rings. The van der Waals surface area contributed by atoms with E-state index in [9.17, 15) is 4.79 Å². The Morgan fingerprint density at radius 1 is 1.11 bits per heavy atom. The van der Waals surface area contributed by atoms with Crippen LogP contribution in [0.25, 0.3) is 11.4 Å². The molecule has 0 bridgehead atoms. The van der Waals surface area contributed by atoms with Gasteiger partial charge in [-0.05, 0) is 31.2 Å². The highest BCUT2D eigenvalue weighted by atomic mass is 16.5. The highest BCUT2D eigenvalue weighted by Crippen LogP contribution is 2.28. The molecule has 1 aromatic heterocycles. The molecule has 2 aromatic carbocycles. The van der Waals surface area contributed by atoms with E-state index in [1.54, 1.807) is 32.4 Å². The number of hydrogen-bond acceptors (Lipinski definition) is 6. The van der Waals surface area contributed by atoms with Crippen LogP contribution < -0.4 is 9.47 Å². The molecule has 0 atom stereocenters. The molecule has 0 unspecified atom stereocenters. The van der Waals surface area contributed by atoms with Gasteiger partial charge in [0.15, 0.2) is 11.5 Å². The number of benzene rings is 2. The van der Waals surface area contributed by atoms with E-state index in [4.69, 9.17) is 14.0 Å². The Kier molecular flexibility index (Phi) is 5.40. The molecule has 140 valence electrons.